The van der Waals surface area contributed by atoms with Gasteiger partial charge in [-0.05, 0) is 111 Å². The third kappa shape index (κ3) is 3.22. The van der Waals surface area contributed by atoms with E-state index in [1.54, 1.807) is 0 Å². The normalized spacial score (nSPS) is 41.0. The van der Waals surface area contributed by atoms with Crippen molar-refractivity contribution in [3.05, 3.63) is 41.5 Å². The van der Waals surface area contributed by atoms with Crippen LogP contribution in [0.1, 0.15) is 84.1 Å². The molecule has 3 nitrogen and oxygen atoms in total. The molecule has 4 aliphatic rings. The molecule has 7 unspecified atom stereocenters. The summed E-state index contributed by atoms with van der Waals surface area (Å²) in [6, 6.07) is 9.76. The Morgan fingerprint density at radius 3 is 2.47 bits per heavy atom. The number of ketones is 1. The number of rotatable bonds is 3. The van der Waals surface area contributed by atoms with Crippen LogP contribution < -0.4 is 4.90 Å². The van der Waals surface area contributed by atoms with Crippen LogP contribution in [0.15, 0.2) is 35.9 Å². The molecule has 1 aromatic rings. The van der Waals surface area contributed by atoms with Gasteiger partial charge in [-0.1, -0.05) is 31.6 Å². The molecule has 0 bridgehead atoms. The highest BCUT2D eigenvalue weighted by molar-refractivity contribution is 5.91. The minimum atomic E-state index is -0.181. The molecule has 3 fully saturated rings. The van der Waals surface area contributed by atoms with Crippen molar-refractivity contribution < 1.29 is 9.90 Å². The van der Waals surface area contributed by atoms with E-state index in [1.807, 2.05) is 6.08 Å². The predicted octanol–water partition coefficient (Wildman–Crippen LogP) is 6.12. The van der Waals surface area contributed by atoms with Crippen LogP contribution in [0.3, 0.4) is 0 Å². The van der Waals surface area contributed by atoms with E-state index < -0.39 is 0 Å². The van der Waals surface area contributed by atoms with Gasteiger partial charge in [-0.2, -0.15) is 0 Å². The van der Waals surface area contributed by atoms with Crippen LogP contribution >= 0.6 is 0 Å². The van der Waals surface area contributed by atoms with Crippen molar-refractivity contribution in [2.75, 3.05) is 11.9 Å². The second-order valence-electron chi connectivity index (χ2n) is 12.1. The summed E-state index contributed by atoms with van der Waals surface area (Å²) in [6.45, 7) is 9.29. The van der Waals surface area contributed by atoms with E-state index >= 15 is 0 Å². The molecule has 1 aromatic carbocycles. The Labute approximate surface area is 194 Å². The van der Waals surface area contributed by atoms with Crippen molar-refractivity contribution in [1.82, 2.24) is 0 Å². The number of nitrogens with zero attached hydrogens (tertiary/aromatic N) is 1. The van der Waals surface area contributed by atoms with Gasteiger partial charge in [0.1, 0.15) is 0 Å². The Balaban J connectivity index is 1.58. The van der Waals surface area contributed by atoms with E-state index in [0.717, 1.165) is 32.1 Å². The number of anilines is 1. The van der Waals surface area contributed by atoms with Gasteiger partial charge in [-0.25, -0.2) is 0 Å². The monoisotopic (exact) mass is 435 g/mol. The van der Waals surface area contributed by atoms with Crippen LogP contribution in [-0.2, 0) is 4.79 Å². The lowest BCUT2D eigenvalue weighted by Crippen LogP contribution is -2.54. The molecule has 0 saturated heterocycles. The number of allylic oxidation sites excluding steroid dienone is 1. The molecule has 0 spiro atoms. The van der Waals surface area contributed by atoms with Gasteiger partial charge in [-0.3, -0.25) is 4.79 Å². The van der Waals surface area contributed by atoms with Crippen molar-refractivity contribution >= 4 is 11.5 Å². The quantitative estimate of drug-likeness (QED) is 0.622. The maximum atomic E-state index is 12.3. The zero-order valence-electron chi connectivity index (χ0n) is 20.6. The number of aliphatic hydroxyl groups is 1. The van der Waals surface area contributed by atoms with E-state index in [9.17, 15) is 9.90 Å². The first-order chi connectivity index (χ1) is 15.1. The molecule has 4 aliphatic carbocycles. The molecular weight excluding hydrogens is 394 g/mol. The van der Waals surface area contributed by atoms with E-state index in [-0.39, 0.29) is 16.9 Å². The molecule has 0 radical (unpaired) electrons. The summed E-state index contributed by atoms with van der Waals surface area (Å²) < 4.78 is 0. The fourth-order valence-electron chi connectivity index (χ4n) is 8.30. The molecule has 3 heteroatoms. The van der Waals surface area contributed by atoms with Gasteiger partial charge in [0, 0.05) is 25.2 Å². The van der Waals surface area contributed by atoms with Gasteiger partial charge in [-0.15, -0.1) is 0 Å². The maximum Gasteiger partial charge on any atom is 0.155 e. The summed E-state index contributed by atoms with van der Waals surface area (Å²) in [7, 11) is 2.16. The first-order valence-corrected chi connectivity index (χ1v) is 12.9. The van der Waals surface area contributed by atoms with Crippen molar-refractivity contribution in [2.24, 2.45) is 28.6 Å². The van der Waals surface area contributed by atoms with Crippen LogP contribution in [0, 0.1) is 28.6 Å². The van der Waals surface area contributed by atoms with Crippen molar-refractivity contribution in [2.45, 2.75) is 90.7 Å². The SMILES string of the molecule is CC(C)N(C)c1ccc(C2CC3(C)C(O)CCC3C3CCC4=CC(=O)CCC4(C)C23)cc1. The van der Waals surface area contributed by atoms with Crippen LogP contribution in [0.2, 0.25) is 0 Å². The van der Waals surface area contributed by atoms with Gasteiger partial charge in [0.05, 0.1) is 6.10 Å². The second kappa shape index (κ2) is 7.72. The van der Waals surface area contributed by atoms with Crippen molar-refractivity contribution in [3.63, 3.8) is 0 Å². The summed E-state index contributed by atoms with van der Waals surface area (Å²) >= 11 is 0. The highest BCUT2D eigenvalue weighted by Gasteiger charge is 2.62. The molecule has 5 rings (SSSR count). The number of benzene rings is 1. The Hall–Kier alpha value is -1.61. The molecule has 0 amide bonds. The topological polar surface area (TPSA) is 40.5 Å². The first kappa shape index (κ1) is 22.2. The lowest BCUT2D eigenvalue weighted by Gasteiger charge is -2.61. The molecule has 7 atom stereocenters. The minimum absolute atomic E-state index is 0.0152. The maximum absolute atomic E-state index is 12.3. The summed E-state index contributed by atoms with van der Waals surface area (Å²) in [5, 5.41) is 11.1. The van der Waals surface area contributed by atoms with Crippen molar-refractivity contribution in [3.8, 4) is 0 Å². The lowest BCUT2D eigenvalue weighted by atomic mass is 9.44. The number of carbonyl (C=O) groups is 1. The van der Waals surface area contributed by atoms with Crippen LogP contribution in [0.25, 0.3) is 0 Å². The smallest absolute Gasteiger partial charge is 0.155 e. The van der Waals surface area contributed by atoms with Gasteiger partial charge >= 0.3 is 0 Å². The van der Waals surface area contributed by atoms with Gasteiger partial charge < -0.3 is 10.0 Å². The highest BCUT2D eigenvalue weighted by atomic mass is 16.3. The third-order valence-corrected chi connectivity index (χ3v) is 10.4. The number of fused-ring (bicyclic) bond motifs is 5. The standard InChI is InChI=1S/C29H41NO2/c1-18(2)30(5)21-9-6-19(7-10-21)24-17-29(4)25(12-13-26(29)32)23-11-8-20-16-22(31)14-15-28(20,3)27(23)24/h6-7,9-10,16,18,23-27,32H,8,11-15,17H2,1-5H3. The molecular formula is C29H41NO2. The molecule has 32 heavy (non-hydrogen) atoms. The largest absolute Gasteiger partial charge is 0.393 e. The van der Waals surface area contributed by atoms with Gasteiger partial charge in [0.2, 0.25) is 0 Å². The number of hydrogen-bond donors (Lipinski definition) is 1. The molecule has 0 aromatic heterocycles. The summed E-state index contributed by atoms with van der Waals surface area (Å²) in [6.07, 6.45) is 8.94. The Morgan fingerprint density at radius 2 is 1.78 bits per heavy atom. The minimum Gasteiger partial charge on any atom is -0.393 e. The van der Waals surface area contributed by atoms with E-state index in [2.05, 4.69) is 63.9 Å². The van der Waals surface area contributed by atoms with Crippen molar-refractivity contribution in [1.29, 1.82) is 0 Å². The average molecular weight is 436 g/mol. The van der Waals surface area contributed by atoms with E-state index in [1.165, 1.54) is 23.2 Å². The third-order valence-electron chi connectivity index (χ3n) is 10.4. The zero-order valence-corrected chi connectivity index (χ0v) is 20.6. The second-order valence-corrected chi connectivity index (χ2v) is 12.1. The van der Waals surface area contributed by atoms with E-state index in [0.29, 0.717) is 41.9 Å². The number of hydrogen-bond acceptors (Lipinski definition) is 3. The zero-order chi connectivity index (χ0) is 22.8. The number of aliphatic hydroxyl groups excluding tert-OH is 1. The van der Waals surface area contributed by atoms with Crippen LogP contribution in [-0.4, -0.2) is 30.1 Å². The van der Waals surface area contributed by atoms with E-state index in [4.69, 9.17) is 0 Å². The van der Waals surface area contributed by atoms with Gasteiger partial charge in [0.15, 0.2) is 5.78 Å². The Bertz CT molecular complexity index is 918. The average Bonchev–Trinajstić information content (AvgIpc) is 3.07. The first-order valence-electron chi connectivity index (χ1n) is 12.9. The summed E-state index contributed by atoms with van der Waals surface area (Å²) in [5.74, 6) is 2.58. The number of carbonyl (C=O) groups excluding carboxylic acids is 1. The molecule has 174 valence electrons. The summed E-state index contributed by atoms with van der Waals surface area (Å²) in [4.78, 5) is 14.6. The Kier molecular flexibility index (Phi) is 5.36. The fraction of sp³-hybridized carbons (Fsp3) is 0.690. The highest BCUT2D eigenvalue weighted by Crippen LogP contribution is 2.68. The predicted molar refractivity (Wildman–Crippen MR) is 131 cm³/mol. The Morgan fingerprint density at radius 1 is 1.06 bits per heavy atom. The molecule has 0 heterocycles. The van der Waals surface area contributed by atoms with Crippen LogP contribution in [0.5, 0.6) is 0 Å². The molecule has 0 aliphatic heterocycles. The van der Waals surface area contributed by atoms with Gasteiger partial charge in [0.25, 0.3) is 0 Å². The fourth-order valence-corrected chi connectivity index (χ4v) is 8.30. The summed E-state index contributed by atoms with van der Waals surface area (Å²) in [5.41, 5.74) is 4.24. The molecule has 3 saturated carbocycles. The van der Waals surface area contributed by atoms with Crippen LogP contribution in [0.4, 0.5) is 5.69 Å². The lowest BCUT2D eigenvalue weighted by molar-refractivity contribution is -0.118. The molecule has 1 N–H and O–H groups in total.